The summed E-state index contributed by atoms with van der Waals surface area (Å²) in [5.41, 5.74) is 1.23. The summed E-state index contributed by atoms with van der Waals surface area (Å²) in [6.45, 7) is 8.80. The molecule has 0 radical (unpaired) electrons. The van der Waals surface area contributed by atoms with E-state index in [1.54, 1.807) is 0 Å². The maximum absolute atomic E-state index is 5.60. The fourth-order valence-electron chi connectivity index (χ4n) is 1.51. The summed E-state index contributed by atoms with van der Waals surface area (Å²) in [4.78, 5) is 2.16. The van der Waals surface area contributed by atoms with E-state index in [0.29, 0.717) is 11.9 Å². The van der Waals surface area contributed by atoms with E-state index in [1.807, 2.05) is 25.1 Å². The Morgan fingerprint density at radius 3 is 2.76 bits per heavy atom. The molecule has 0 saturated carbocycles. The van der Waals surface area contributed by atoms with Gasteiger partial charge in [0.1, 0.15) is 5.75 Å². The number of nitrogens with one attached hydrogen (secondary N) is 1. The first-order chi connectivity index (χ1) is 8.04. The summed E-state index contributed by atoms with van der Waals surface area (Å²) in [6, 6.07) is 8.46. The van der Waals surface area contributed by atoms with Gasteiger partial charge in [-0.25, -0.2) is 0 Å². The van der Waals surface area contributed by atoms with Gasteiger partial charge >= 0.3 is 0 Å². The molecule has 1 atom stereocenters. The van der Waals surface area contributed by atoms with Crippen molar-refractivity contribution < 1.29 is 4.74 Å². The summed E-state index contributed by atoms with van der Waals surface area (Å²) >= 11 is 0. The van der Waals surface area contributed by atoms with Gasteiger partial charge in [0.2, 0.25) is 0 Å². The highest BCUT2D eigenvalue weighted by atomic mass is 16.5. The second kappa shape index (κ2) is 6.30. The van der Waals surface area contributed by atoms with Crippen LogP contribution in [0, 0.1) is 0 Å². The highest BCUT2D eigenvalue weighted by Gasteiger charge is 2.08. The fraction of sp³-hybridized carbons (Fsp3) is 0.429. The largest absolute Gasteiger partial charge is 0.442 e. The first-order valence-corrected chi connectivity index (χ1v) is 5.91. The van der Waals surface area contributed by atoms with Crippen LogP contribution in [0.2, 0.25) is 0 Å². The third kappa shape index (κ3) is 4.11. The minimum Gasteiger partial charge on any atom is -0.442 e. The predicted molar refractivity (Wildman–Crippen MR) is 72.0 cm³/mol. The minimum absolute atomic E-state index is 0.367. The van der Waals surface area contributed by atoms with Crippen LogP contribution in [-0.4, -0.2) is 25.5 Å². The van der Waals surface area contributed by atoms with Crippen molar-refractivity contribution >= 4 is 0 Å². The molecular weight excluding hydrogens is 212 g/mol. The number of nitrogens with zero attached hydrogens (tertiary/aromatic N) is 1. The topological polar surface area (TPSA) is 24.5 Å². The van der Waals surface area contributed by atoms with Crippen molar-refractivity contribution in [3.63, 3.8) is 0 Å². The van der Waals surface area contributed by atoms with Gasteiger partial charge in [-0.05, 0) is 52.2 Å². The van der Waals surface area contributed by atoms with Gasteiger partial charge in [0.15, 0.2) is 5.88 Å². The zero-order chi connectivity index (χ0) is 12.8. The Morgan fingerprint density at radius 1 is 1.47 bits per heavy atom. The molecule has 3 nitrogen and oxygen atoms in total. The van der Waals surface area contributed by atoms with Crippen molar-refractivity contribution in [2.75, 3.05) is 20.6 Å². The Hall–Kier alpha value is -1.48. The molecule has 3 heteroatoms. The minimum atomic E-state index is 0.367. The Kier molecular flexibility index (Phi) is 5.04. The molecule has 1 N–H and O–H groups in total. The van der Waals surface area contributed by atoms with Crippen LogP contribution in [0.3, 0.4) is 0 Å². The van der Waals surface area contributed by atoms with Gasteiger partial charge in [0.05, 0.1) is 0 Å². The molecular formula is C14H22N2O. The van der Waals surface area contributed by atoms with Crippen molar-refractivity contribution in [1.82, 2.24) is 10.2 Å². The Morgan fingerprint density at radius 2 is 2.18 bits per heavy atom. The lowest BCUT2D eigenvalue weighted by atomic mass is 10.1. The molecule has 1 aromatic rings. The number of hydrogen-bond acceptors (Lipinski definition) is 3. The van der Waals surface area contributed by atoms with Crippen LogP contribution < -0.4 is 10.1 Å². The van der Waals surface area contributed by atoms with Gasteiger partial charge in [-0.2, -0.15) is 0 Å². The van der Waals surface area contributed by atoms with Crippen LogP contribution in [0.25, 0.3) is 0 Å². The van der Waals surface area contributed by atoms with Crippen molar-refractivity contribution in [2.24, 2.45) is 0 Å². The van der Waals surface area contributed by atoms with Crippen LogP contribution in [-0.2, 0) is 0 Å². The van der Waals surface area contributed by atoms with E-state index in [4.69, 9.17) is 4.74 Å². The number of hydrogen-bond donors (Lipinski definition) is 1. The normalized spacial score (nSPS) is 12.3. The molecule has 0 spiro atoms. The molecule has 1 rings (SSSR count). The molecule has 1 aromatic carbocycles. The van der Waals surface area contributed by atoms with Crippen LogP contribution >= 0.6 is 0 Å². The van der Waals surface area contributed by atoms with Crippen molar-refractivity contribution in [1.29, 1.82) is 0 Å². The van der Waals surface area contributed by atoms with Gasteiger partial charge in [-0.1, -0.05) is 12.1 Å². The second-order valence-corrected chi connectivity index (χ2v) is 4.27. The van der Waals surface area contributed by atoms with E-state index in [-0.39, 0.29) is 0 Å². The average Bonchev–Trinajstić information content (AvgIpc) is 2.28. The van der Waals surface area contributed by atoms with E-state index in [1.165, 1.54) is 5.56 Å². The first-order valence-electron chi connectivity index (χ1n) is 5.91. The quantitative estimate of drug-likeness (QED) is 0.766. The summed E-state index contributed by atoms with van der Waals surface area (Å²) in [5.74, 6) is 1.41. The number of rotatable bonds is 6. The molecule has 0 aliphatic carbocycles. The molecule has 94 valence electrons. The lowest BCUT2D eigenvalue weighted by Crippen LogP contribution is -2.17. The van der Waals surface area contributed by atoms with Crippen molar-refractivity contribution in [3.05, 3.63) is 42.3 Å². The zero-order valence-corrected chi connectivity index (χ0v) is 11.2. The monoisotopic (exact) mass is 234 g/mol. The average molecular weight is 234 g/mol. The van der Waals surface area contributed by atoms with Gasteiger partial charge in [0.25, 0.3) is 0 Å². The molecule has 0 unspecified atom stereocenters. The number of benzene rings is 1. The van der Waals surface area contributed by atoms with E-state index >= 15 is 0 Å². The van der Waals surface area contributed by atoms with Gasteiger partial charge in [-0.15, -0.1) is 0 Å². The first kappa shape index (κ1) is 13.6. The molecule has 0 aromatic heterocycles. The van der Waals surface area contributed by atoms with Crippen molar-refractivity contribution in [3.8, 4) is 5.75 Å². The van der Waals surface area contributed by atoms with E-state index in [2.05, 4.69) is 43.9 Å². The number of ether oxygens (including phenoxy) is 1. The lowest BCUT2D eigenvalue weighted by Gasteiger charge is -2.20. The highest BCUT2D eigenvalue weighted by molar-refractivity contribution is 5.31. The fourth-order valence-corrected chi connectivity index (χ4v) is 1.51. The van der Waals surface area contributed by atoms with Gasteiger partial charge < -0.3 is 15.0 Å². The SMILES string of the molecule is C=C(NCC)Oc1cccc([C@H](C)N(C)C)c1. The van der Waals surface area contributed by atoms with Crippen LogP contribution in [0.15, 0.2) is 36.7 Å². The third-order valence-electron chi connectivity index (χ3n) is 2.73. The smallest absolute Gasteiger partial charge is 0.186 e. The van der Waals surface area contributed by atoms with E-state index < -0.39 is 0 Å². The summed E-state index contributed by atoms with van der Waals surface area (Å²) in [7, 11) is 4.13. The zero-order valence-electron chi connectivity index (χ0n) is 11.2. The summed E-state index contributed by atoms with van der Waals surface area (Å²) in [5, 5.41) is 3.04. The van der Waals surface area contributed by atoms with Crippen LogP contribution in [0.1, 0.15) is 25.5 Å². The molecule has 0 aliphatic heterocycles. The molecule has 0 amide bonds. The maximum atomic E-state index is 5.60. The Labute approximate surface area is 104 Å². The second-order valence-electron chi connectivity index (χ2n) is 4.27. The standard InChI is InChI=1S/C14H22N2O/c1-6-15-12(3)17-14-9-7-8-13(10-14)11(2)16(4)5/h7-11,15H,3,6H2,1-2,4-5H3/t11-/m0/s1. The molecule has 0 fully saturated rings. The molecule has 0 saturated heterocycles. The van der Waals surface area contributed by atoms with E-state index in [0.717, 1.165) is 12.3 Å². The molecule has 0 heterocycles. The molecule has 0 aliphatic rings. The highest BCUT2D eigenvalue weighted by Crippen LogP contribution is 2.22. The Balaban J connectivity index is 2.75. The maximum Gasteiger partial charge on any atom is 0.186 e. The summed E-state index contributed by atoms with van der Waals surface area (Å²) in [6.07, 6.45) is 0. The third-order valence-corrected chi connectivity index (χ3v) is 2.73. The van der Waals surface area contributed by atoms with Crippen LogP contribution in [0.5, 0.6) is 5.75 Å². The summed E-state index contributed by atoms with van der Waals surface area (Å²) < 4.78 is 5.60. The van der Waals surface area contributed by atoms with Gasteiger partial charge in [0, 0.05) is 12.6 Å². The molecule has 0 bridgehead atoms. The lowest BCUT2D eigenvalue weighted by molar-refractivity contribution is 0.319. The Bertz CT molecular complexity index is 374. The van der Waals surface area contributed by atoms with Crippen LogP contribution in [0.4, 0.5) is 0 Å². The van der Waals surface area contributed by atoms with Gasteiger partial charge in [-0.3, -0.25) is 0 Å². The van der Waals surface area contributed by atoms with Crippen molar-refractivity contribution in [2.45, 2.75) is 19.9 Å². The predicted octanol–water partition coefficient (Wildman–Crippen LogP) is 2.77. The van der Waals surface area contributed by atoms with E-state index in [9.17, 15) is 0 Å². The molecule has 17 heavy (non-hydrogen) atoms.